The highest BCUT2D eigenvalue weighted by Gasteiger charge is 2.16. The number of rotatable bonds is 7. The molecule has 166 valence electrons. The first-order chi connectivity index (χ1) is 16.0. The van der Waals surface area contributed by atoms with Crippen LogP contribution in [0, 0.1) is 0 Å². The van der Waals surface area contributed by atoms with Gasteiger partial charge in [0.1, 0.15) is 11.3 Å². The van der Waals surface area contributed by atoms with Gasteiger partial charge in [0.25, 0.3) is 11.8 Å². The van der Waals surface area contributed by atoms with Gasteiger partial charge in [0.2, 0.25) is 0 Å². The van der Waals surface area contributed by atoms with Gasteiger partial charge in [0, 0.05) is 17.5 Å². The number of carbonyl (C=O) groups excluding carboxylic acids is 2. The Morgan fingerprint density at radius 3 is 2.48 bits per heavy atom. The summed E-state index contributed by atoms with van der Waals surface area (Å²) < 4.78 is 10.7. The topological polar surface area (TPSA) is 97.6 Å². The first-order valence-electron chi connectivity index (χ1n) is 10.4. The van der Waals surface area contributed by atoms with Crippen LogP contribution in [0.4, 0.5) is 5.69 Å². The molecule has 0 saturated heterocycles. The van der Waals surface area contributed by atoms with Crippen LogP contribution in [-0.2, 0) is 4.79 Å². The van der Waals surface area contributed by atoms with E-state index in [2.05, 4.69) is 10.6 Å². The van der Waals surface area contributed by atoms with E-state index < -0.39 is 11.5 Å². The molecule has 0 bridgehead atoms. The van der Waals surface area contributed by atoms with E-state index in [0.29, 0.717) is 22.6 Å². The summed E-state index contributed by atoms with van der Waals surface area (Å²) >= 11 is 0. The second kappa shape index (κ2) is 9.82. The zero-order valence-electron chi connectivity index (χ0n) is 17.9. The number of hydrogen-bond acceptors (Lipinski definition) is 5. The van der Waals surface area contributed by atoms with Crippen molar-refractivity contribution in [1.82, 2.24) is 5.32 Å². The summed E-state index contributed by atoms with van der Waals surface area (Å²) in [6, 6.07) is 24.2. The van der Waals surface area contributed by atoms with Gasteiger partial charge in [-0.25, -0.2) is 4.79 Å². The Kier molecular flexibility index (Phi) is 6.50. The Balaban J connectivity index is 1.40. The summed E-state index contributed by atoms with van der Waals surface area (Å²) in [6.07, 6.45) is 0. The normalized spacial score (nSPS) is 11.5. The molecule has 4 aromatic rings. The van der Waals surface area contributed by atoms with Crippen molar-refractivity contribution in [3.63, 3.8) is 0 Å². The van der Waals surface area contributed by atoms with Crippen molar-refractivity contribution >= 4 is 28.5 Å². The average molecular weight is 442 g/mol. The molecule has 7 heteroatoms. The van der Waals surface area contributed by atoms with Gasteiger partial charge in [-0.05, 0) is 42.8 Å². The van der Waals surface area contributed by atoms with Gasteiger partial charge in [-0.2, -0.15) is 0 Å². The maximum Gasteiger partial charge on any atom is 0.336 e. The van der Waals surface area contributed by atoms with Crippen LogP contribution in [0.5, 0.6) is 5.75 Å². The number of amides is 2. The molecule has 0 saturated carbocycles. The Labute approximate surface area is 190 Å². The van der Waals surface area contributed by atoms with Crippen LogP contribution < -0.4 is 21.0 Å². The number of fused-ring (bicyclic) bond motifs is 1. The fourth-order valence-corrected chi connectivity index (χ4v) is 3.36. The number of para-hydroxylation sites is 1. The summed E-state index contributed by atoms with van der Waals surface area (Å²) in [4.78, 5) is 36.7. The van der Waals surface area contributed by atoms with Crippen molar-refractivity contribution < 1.29 is 18.7 Å². The fraction of sp³-hybridized carbons (Fsp3) is 0.115. The van der Waals surface area contributed by atoms with Crippen LogP contribution in [-0.4, -0.2) is 18.4 Å². The summed E-state index contributed by atoms with van der Waals surface area (Å²) in [7, 11) is 0. The summed E-state index contributed by atoms with van der Waals surface area (Å²) in [5.41, 5.74) is 1.62. The molecule has 1 aromatic heterocycles. The van der Waals surface area contributed by atoms with Gasteiger partial charge in [0.05, 0.1) is 17.3 Å². The van der Waals surface area contributed by atoms with Gasteiger partial charge >= 0.3 is 5.63 Å². The van der Waals surface area contributed by atoms with Crippen molar-refractivity contribution in [1.29, 1.82) is 0 Å². The third-order valence-corrected chi connectivity index (χ3v) is 5.06. The van der Waals surface area contributed by atoms with Crippen molar-refractivity contribution in [2.75, 3.05) is 11.9 Å². The second-order valence-corrected chi connectivity index (χ2v) is 7.44. The molecule has 0 fully saturated rings. The lowest BCUT2D eigenvalue weighted by atomic mass is 10.1. The quantitative estimate of drug-likeness (QED) is 0.416. The zero-order valence-corrected chi connectivity index (χ0v) is 17.9. The maximum atomic E-state index is 12.8. The largest absolute Gasteiger partial charge is 0.484 e. The van der Waals surface area contributed by atoms with Gasteiger partial charge in [-0.15, -0.1) is 0 Å². The van der Waals surface area contributed by atoms with Crippen molar-refractivity contribution in [3.8, 4) is 5.75 Å². The molecule has 0 aliphatic carbocycles. The van der Waals surface area contributed by atoms with Crippen molar-refractivity contribution in [2.24, 2.45) is 0 Å². The molecule has 1 unspecified atom stereocenters. The average Bonchev–Trinajstić information content (AvgIpc) is 2.83. The maximum absolute atomic E-state index is 12.8. The van der Waals surface area contributed by atoms with E-state index in [9.17, 15) is 14.4 Å². The minimum absolute atomic E-state index is 0.196. The van der Waals surface area contributed by atoms with E-state index in [1.165, 1.54) is 6.07 Å². The van der Waals surface area contributed by atoms with Gasteiger partial charge < -0.3 is 19.8 Å². The molecule has 3 aromatic carbocycles. The van der Waals surface area contributed by atoms with Crippen LogP contribution in [0.15, 0.2) is 94.1 Å². The molecule has 0 aliphatic heterocycles. The number of ether oxygens (including phenoxy) is 1. The van der Waals surface area contributed by atoms with Gasteiger partial charge in [0.15, 0.2) is 6.61 Å². The summed E-state index contributed by atoms with van der Waals surface area (Å²) in [5, 5.41) is 6.42. The van der Waals surface area contributed by atoms with Crippen LogP contribution in [0.25, 0.3) is 11.0 Å². The zero-order chi connectivity index (χ0) is 23.2. The van der Waals surface area contributed by atoms with E-state index in [4.69, 9.17) is 9.15 Å². The van der Waals surface area contributed by atoms with Crippen LogP contribution in [0.3, 0.4) is 0 Å². The van der Waals surface area contributed by atoms with E-state index in [1.807, 2.05) is 37.3 Å². The molecule has 0 aliphatic rings. The standard InChI is InChI=1S/C26H22N2O5/c1-17(18-7-3-2-4-8-18)27-26(31)21-9-5-6-10-22(21)28-24(29)16-32-20-13-11-19-12-14-25(30)33-23(19)15-20/h2-15,17H,16H2,1H3,(H,27,31)(H,28,29). The predicted molar refractivity (Wildman–Crippen MR) is 125 cm³/mol. The van der Waals surface area contributed by atoms with E-state index in [0.717, 1.165) is 10.9 Å². The predicted octanol–water partition coefficient (Wildman–Crippen LogP) is 4.30. The number of hydrogen-bond donors (Lipinski definition) is 2. The molecule has 2 amide bonds. The van der Waals surface area contributed by atoms with Gasteiger partial charge in [-0.1, -0.05) is 42.5 Å². The number of anilines is 1. The molecule has 7 nitrogen and oxygen atoms in total. The van der Waals surface area contributed by atoms with E-state index in [1.54, 1.807) is 48.5 Å². The lowest BCUT2D eigenvalue weighted by Gasteiger charge is -2.16. The monoisotopic (exact) mass is 442 g/mol. The molecule has 2 N–H and O–H groups in total. The highest BCUT2D eigenvalue weighted by atomic mass is 16.5. The van der Waals surface area contributed by atoms with Crippen LogP contribution >= 0.6 is 0 Å². The molecule has 1 atom stereocenters. The smallest absolute Gasteiger partial charge is 0.336 e. The van der Waals surface area contributed by atoms with Crippen LogP contribution in [0.1, 0.15) is 28.9 Å². The highest BCUT2D eigenvalue weighted by Crippen LogP contribution is 2.20. The van der Waals surface area contributed by atoms with Gasteiger partial charge in [-0.3, -0.25) is 9.59 Å². The van der Waals surface area contributed by atoms with Crippen molar-refractivity contribution in [2.45, 2.75) is 13.0 Å². The molecule has 0 radical (unpaired) electrons. The number of nitrogens with one attached hydrogen (secondary N) is 2. The molecule has 1 heterocycles. The Bertz CT molecular complexity index is 1350. The molecule has 33 heavy (non-hydrogen) atoms. The number of carbonyl (C=O) groups is 2. The molecular weight excluding hydrogens is 420 g/mol. The Morgan fingerprint density at radius 2 is 1.67 bits per heavy atom. The molecule has 4 rings (SSSR count). The minimum Gasteiger partial charge on any atom is -0.484 e. The molecule has 0 spiro atoms. The first-order valence-corrected chi connectivity index (χ1v) is 10.4. The third-order valence-electron chi connectivity index (χ3n) is 5.06. The summed E-state index contributed by atoms with van der Waals surface area (Å²) in [5.74, 6) is -0.344. The van der Waals surface area contributed by atoms with Crippen LogP contribution in [0.2, 0.25) is 0 Å². The Hall–Kier alpha value is -4.39. The molecular formula is C26H22N2O5. The Morgan fingerprint density at radius 1 is 0.939 bits per heavy atom. The summed E-state index contributed by atoms with van der Waals surface area (Å²) in [6.45, 7) is 1.62. The lowest BCUT2D eigenvalue weighted by Crippen LogP contribution is -2.28. The van der Waals surface area contributed by atoms with Crippen molar-refractivity contribution in [3.05, 3.63) is 106 Å². The number of benzene rings is 3. The van der Waals surface area contributed by atoms with E-state index >= 15 is 0 Å². The minimum atomic E-state index is -0.464. The third kappa shape index (κ3) is 5.46. The van der Waals surface area contributed by atoms with E-state index in [-0.39, 0.29) is 18.6 Å². The second-order valence-electron chi connectivity index (χ2n) is 7.44. The fourth-order valence-electron chi connectivity index (χ4n) is 3.36. The lowest BCUT2D eigenvalue weighted by molar-refractivity contribution is -0.118. The first kappa shape index (κ1) is 21.8. The highest BCUT2D eigenvalue weighted by molar-refractivity contribution is 6.04. The SMILES string of the molecule is CC(NC(=O)c1ccccc1NC(=O)COc1ccc2ccc(=O)oc2c1)c1ccccc1.